The minimum Gasteiger partial charge on any atom is -0.369 e. The summed E-state index contributed by atoms with van der Waals surface area (Å²) in [6, 6.07) is 0.398. The number of hydrogen-bond donors (Lipinski definition) is 3. The van der Waals surface area contributed by atoms with Gasteiger partial charge in [0.2, 0.25) is 5.82 Å². The standard InChI is InChI=1S/C19H24F5N5O4/c20-15(21)9-26-17-13(29(31)32)7-12(16(28-17)14-8-25-5-6-33-14)18(30)27-11-3-1-10(2-4-11)19(22,23)24/h7,10-11,14-15,25H,1-6,8-9H2,(H,26,28)(H,27,30)/t10-,11-,14?. The first kappa shape index (κ1) is 25.0. The molecule has 2 heterocycles. The zero-order valence-corrected chi connectivity index (χ0v) is 17.5. The van der Waals surface area contributed by atoms with Crippen molar-refractivity contribution in [1.29, 1.82) is 0 Å². The fourth-order valence-corrected chi connectivity index (χ4v) is 3.96. The lowest BCUT2D eigenvalue weighted by Gasteiger charge is -2.30. The van der Waals surface area contributed by atoms with Crippen molar-refractivity contribution in [2.75, 3.05) is 31.6 Å². The van der Waals surface area contributed by atoms with Crippen molar-refractivity contribution in [1.82, 2.24) is 15.6 Å². The summed E-state index contributed by atoms with van der Waals surface area (Å²) in [5, 5.41) is 19.4. The Kier molecular flexibility index (Phi) is 8.00. The van der Waals surface area contributed by atoms with Gasteiger partial charge in [-0.15, -0.1) is 0 Å². The van der Waals surface area contributed by atoms with Crippen LogP contribution in [0.4, 0.5) is 33.5 Å². The van der Waals surface area contributed by atoms with Crippen LogP contribution in [-0.2, 0) is 4.74 Å². The van der Waals surface area contributed by atoms with Crippen molar-refractivity contribution in [2.45, 2.75) is 50.4 Å². The van der Waals surface area contributed by atoms with E-state index in [-0.39, 0.29) is 50.1 Å². The number of hydrogen-bond acceptors (Lipinski definition) is 7. The van der Waals surface area contributed by atoms with E-state index in [1.165, 1.54) is 0 Å². The van der Waals surface area contributed by atoms with Crippen LogP contribution in [0, 0.1) is 16.0 Å². The Bertz CT molecular complexity index is 856. The normalized spacial score (nSPS) is 23.9. The second kappa shape index (κ2) is 10.5. The van der Waals surface area contributed by atoms with Crippen molar-refractivity contribution >= 4 is 17.4 Å². The Hall–Kier alpha value is -2.61. The molecule has 1 aliphatic carbocycles. The average Bonchev–Trinajstić information content (AvgIpc) is 2.77. The van der Waals surface area contributed by atoms with E-state index in [2.05, 4.69) is 20.9 Å². The van der Waals surface area contributed by atoms with Crippen LogP contribution >= 0.6 is 0 Å². The van der Waals surface area contributed by atoms with Crippen molar-refractivity contribution in [3.8, 4) is 0 Å². The fourth-order valence-electron chi connectivity index (χ4n) is 3.96. The maximum absolute atomic E-state index is 13.0. The molecule has 0 spiro atoms. The summed E-state index contributed by atoms with van der Waals surface area (Å²) in [5.74, 6) is -2.59. The lowest BCUT2D eigenvalue weighted by atomic mass is 9.85. The first-order chi connectivity index (χ1) is 15.6. The van der Waals surface area contributed by atoms with Crippen molar-refractivity contribution in [2.24, 2.45) is 5.92 Å². The van der Waals surface area contributed by atoms with Crippen LogP contribution in [0.5, 0.6) is 0 Å². The predicted octanol–water partition coefficient (Wildman–Crippen LogP) is 3.18. The molecule has 2 aliphatic rings. The lowest BCUT2D eigenvalue weighted by molar-refractivity contribution is -0.384. The van der Waals surface area contributed by atoms with Gasteiger partial charge in [-0.05, 0) is 25.7 Å². The van der Waals surface area contributed by atoms with Crippen molar-refractivity contribution in [3.63, 3.8) is 0 Å². The minimum absolute atomic E-state index is 0.0195. The highest BCUT2D eigenvalue weighted by molar-refractivity contribution is 5.97. The smallest absolute Gasteiger partial charge is 0.369 e. The topological polar surface area (TPSA) is 118 Å². The van der Waals surface area contributed by atoms with E-state index < -0.39 is 59.5 Å². The molecular formula is C19H24F5N5O4. The molecule has 0 radical (unpaired) electrons. The molecule has 14 heteroatoms. The number of aromatic nitrogens is 1. The summed E-state index contributed by atoms with van der Waals surface area (Å²) in [6.07, 6.45) is -7.91. The quantitative estimate of drug-likeness (QED) is 0.311. The van der Waals surface area contributed by atoms with Crippen LogP contribution in [0.25, 0.3) is 0 Å². The van der Waals surface area contributed by atoms with Gasteiger partial charge in [-0.3, -0.25) is 14.9 Å². The molecule has 1 aromatic rings. The monoisotopic (exact) mass is 481 g/mol. The number of nitrogens with zero attached hydrogens (tertiary/aromatic N) is 2. The number of nitro groups is 1. The molecule has 3 rings (SSSR count). The molecular weight excluding hydrogens is 457 g/mol. The van der Waals surface area contributed by atoms with E-state index in [0.29, 0.717) is 6.54 Å². The second-order valence-electron chi connectivity index (χ2n) is 7.95. The Morgan fingerprint density at radius 1 is 1.30 bits per heavy atom. The zero-order valence-electron chi connectivity index (χ0n) is 17.5. The number of halogens is 5. The van der Waals surface area contributed by atoms with E-state index in [1.54, 1.807) is 0 Å². The van der Waals surface area contributed by atoms with E-state index in [0.717, 1.165) is 6.07 Å². The maximum atomic E-state index is 13.0. The number of nitrogens with one attached hydrogen (secondary N) is 3. The lowest BCUT2D eigenvalue weighted by Crippen LogP contribution is -2.41. The Morgan fingerprint density at radius 2 is 2.00 bits per heavy atom. The highest BCUT2D eigenvalue weighted by atomic mass is 19.4. The van der Waals surface area contributed by atoms with Gasteiger partial charge < -0.3 is 20.7 Å². The first-order valence-electron chi connectivity index (χ1n) is 10.5. The fraction of sp³-hybridized carbons (Fsp3) is 0.684. The van der Waals surface area contributed by atoms with Crippen LogP contribution in [0.15, 0.2) is 6.07 Å². The largest absolute Gasteiger partial charge is 0.391 e. The summed E-state index contributed by atoms with van der Waals surface area (Å²) in [7, 11) is 0. The number of ether oxygens (including phenoxy) is 1. The van der Waals surface area contributed by atoms with Gasteiger partial charge in [-0.1, -0.05) is 0 Å². The third-order valence-electron chi connectivity index (χ3n) is 5.65. The molecule has 33 heavy (non-hydrogen) atoms. The predicted molar refractivity (Wildman–Crippen MR) is 106 cm³/mol. The Labute approximate surface area is 185 Å². The highest BCUT2D eigenvalue weighted by Gasteiger charge is 2.41. The van der Waals surface area contributed by atoms with Crippen molar-refractivity contribution in [3.05, 3.63) is 27.4 Å². The molecule has 1 aliphatic heterocycles. The number of pyridine rings is 1. The van der Waals surface area contributed by atoms with Gasteiger partial charge in [0, 0.05) is 25.2 Å². The van der Waals surface area contributed by atoms with E-state index in [4.69, 9.17) is 4.74 Å². The number of anilines is 1. The molecule has 1 saturated carbocycles. The van der Waals surface area contributed by atoms with Gasteiger partial charge in [0.15, 0.2) is 0 Å². The number of morpholine rings is 1. The van der Waals surface area contributed by atoms with Crippen molar-refractivity contribution < 1.29 is 36.4 Å². The van der Waals surface area contributed by atoms with Gasteiger partial charge in [0.05, 0.1) is 35.3 Å². The summed E-state index contributed by atoms with van der Waals surface area (Å²) < 4.78 is 69.6. The van der Waals surface area contributed by atoms with Crippen LogP contribution in [0.3, 0.4) is 0 Å². The zero-order chi connectivity index (χ0) is 24.2. The number of alkyl halides is 5. The molecule has 184 valence electrons. The molecule has 1 saturated heterocycles. The third-order valence-corrected chi connectivity index (χ3v) is 5.65. The molecule has 1 unspecified atom stereocenters. The molecule has 1 atom stereocenters. The van der Waals surface area contributed by atoms with E-state index >= 15 is 0 Å². The Morgan fingerprint density at radius 3 is 2.55 bits per heavy atom. The van der Waals surface area contributed by atoms with Gasteiger partial charge in [-0.2, -0.15) is 13.2 Å². The van der Waals surface area contributed by atoms with Gasteiger partial charge in [-0.25, -0.2) is 13.8 Å². The van der Waals surface area contributed by atoms with Gasteiger partial charge >= 0.3 is 11.9 Å². The Balaban J connectivity index is 1.86. The van der Waals surface area contributed by atoms with Crippen LogP contribution < -0.4 is 16.0 Å². The molecule has 2 fully saturated rings. The van der Waals surface area contributed by atoms with Crippen LogP contribution in [0.2, 0.25) is 0 Å². The molecule has 3 N–H and O–H groups in total. The number of rotatable bonds is 7. The van der Waals surface area contributed by atoms with Crippen LogP contribution in [0.1, 0.15) is 47.8 Å². The average molecular weight is 481 g/mol. The SMILES string of the molecule is O=C(N[C@H]1CC[C@H](C(F)(F)F)CC1)c1cc([N+](=O)[O-])c(NCC(F)F)nc1C1CNCCO1. The summed E-state index contributed by atoms with van der Waals surface area (Å²) >= 11 is 0. The second-order valence-corrected chi connectivity index (χ2v) is 7.95. The third kappa shape index (κ3) is 6.47. The summed E-state index contributed by atoms with van der Waals surface area (Å²) in [6.45, 7) is 0.150. The molecule has 9 nitrogen and oxygen atoms in total. The number of carbonyl (C=O) groups is 1. The molecule has 0 bridgehead atoms. The summed E-state index contributed by atoms with van der Waals surface area (Å²) in [5.41, 5.74) is -0.837. The highest BCUT2D eigenvalue weighted by Crippen LogP contribution is 2.38. The number of amides is 1. The minimum atomic E-state index is -4.29. The molecule has 1 aromatic heterocycles. The first-order valence-corrected chi connectivity index (χ1v) is 10.5. The van der Waals surface area contributed by atoms with E-state index in [9.17, 15) is 36.9 Å². The van der Waals surface area contributed by atoms with Crippen LogP contribution in [-0.4, -0.2) is 60.7 Å². The summed E-state index contributed by atoms with van der Waals surface area (Å²) in [4.78, 5) is 27.7. The molecule has 1 amide bonds. The maximum Gasteiger partial charge on any atom is 0.391 e. The van der Waals surface area contributed by atoms with Gasteiger partial charge in [0.25, 0.3) is 12.3 Å². The van der Waals surface area contributed by atoms with Gasteiger partial charge in [0.1, 0.15) is 6.10 Å². The van der Waals surface area contributed by atoms with E-state index in [1.807, 2.05) is 0 Å². The molecule has 0 aromatic carbocycles. The number of carbonyl (C=O) groups excluding carboxylic acids is 1.